The highest BCUT2D eigenvalue weighted by Crippen LogP contribution is 2.30. The van der Waals surface area contributed by atoms with Crippen LogP contribution in [0.1, 0.15) is 18.4 Å². The first-order chi connectivity index (χ1) is 15.8. The number of benzene rings is 2. The first-order valence-corrected chi connectivity index (χ1v) is 10.7. The van der Waals surface area contributed by atoms with E-state index in [-0.39, 0.29) is 11.9 Å². The fraction of sp³-hybridized carbons (Fsp3) is 0.348. The molecule has 7 nitrogen and oxygen atoms in total. The molecule has 0 N–H and O–H groups in total. The molecule has 2 amide bonds. The van der Waals surface area contributed by atoms with Crippen LogP contribution in [0.3, 0.4) is 0 Å². The second-order valence-corrected chi connectivity index (χ2v) is 7.73. The molecule has 0 saturated carbocycles. The maximum Gasteiger partial charge on any atom is 0.470 e. The predicted molar refractivity (Wildman–Crippen MR) is 116 cm³/mol. The van der Waals surface area contributed by atoms with Crippen LogP contribution in [-0.4, -0.2) is 58.8 Å². The smallest absolute Gasteiger partial charge is 0.413 e. The van der Waals surface area contributed by atoms with Crippen LogP contribution < -0.4 is 4.90 Å². The number of piperazine rings is 1. The monoisotopic (exact) mass is 459 g/mol. The number of amides is 2. The van der Waals surface area contributed by atoms with Gasteiger partial charge < -0.3 is 14.2 Å². The van der Waals surface area contributed by atoms with Crippen LogP contribution in [0.25, 0.3) is 11.5 Å². The molecule has 10 heteroatoms. The second kappa shape index (κ2) is 9.62. The summed E-state index contributed by atoms with van der Waals surface area (Å²) in [6.45, 7) is 6.38. The van der Waals surface area contributed by atoms with Gasteiger partial charge in [0.2, 0.25) is 5.89 Å². The van der Waals surface area contributed by atoms with Crippen LogP contribution in [0, 0.1) is 0 Å². The van der Waals surface area contributed by atoms with Gasteiger partial charge in [-0.15, -0.1) is 10.2 Å². The zero-order valence-electron chi connectivity index (χ0n) is 18.1. The van der Waals surface area contributed by atoms with Crippen LogP contribution >= 0.6 is 0 Å². The molecule has 0 unspecified atom stereocenters. The van der Waals surface area contributed by atoms with Crippen molar-refractivity contribution in [2.45, 2.75) is 19.6 Å². The number of carbonyl (C=O) groups is 1. The molecule has 0 radical (unpaired) electrons. The third kappa shape index (κ3) is 5.33. The SMILES string of the molecule is CCN1CCN(C(=O)N(Cc2ccc(-c3nnc(C(F)(F)F)o3)cc2)c2ccccc2)CC1. The zero-order chi connectivity index (χ0) is 23.4. The van der Waals surface area contributed by atoms with Crippen LogP contribution in [0.4, 0.5) is 23.7 Å². The van der Waals surface area contributed by atoms with Gasteiger partial charge in [-0.3, -0.25) is 4.90 Å². The number of hydrogen-bond donors (Lipinski definition) is 0. The van der Waals surface area contributed by atoms with Crippen molar-refractivity contribution < 1.29 is 22.4 Å². The highest BCUT2D eigenvalue weighted by molar-refractivity contribution is 5.92. The molecule has 0 aliphatic carbocycles. The van der Waals surface area contributed by atoms with Crippen molar-refractivity contribution in [2.75, 3.05) is 37.6 Å². The number of urea groups is 1. The van der Waals surface area contributed by atoms with Crippen LogP contribution in [0.15, 0.2) is 59.0 Å². The fourth-order valence-electron chi connectivity index (χ4n) is 3.69. The van der Waals surface area contributed by atoms with E-state index in [1.54, 1.807) is 29.2 Å². The minimum absolute atomic E-state index is 0.0762. The summed E-state index contributed by atoms with van der Waals surface area (Å²) in [6, 6.07) is 16.0. The van der Waals surface area contributed by atoms with Gasteiger partial charge >= 0.3 is 18.1 Å². The number of anilines is 1. The summed E-state index contributed by atoms with van der Waals surface area (Å²) in [5.41, 5.74) is 1.96. The number of rotatable bonds is 5. The molecule has 1 aliphatic heterocycles. The Morgan fingerprint density at radius 3 is 2.24 bits per heavy atom. The largest absolute Gasteiger partial charge is 0.470 e. The number of alkyl halides is 3. The Balaban J connectivity index is 1.52. The second-order valence-electron chi connectivity index (χ2n) is 7.73. The molecule has 4 rings (SSSR count). The number of para-hydroxylation sites is 1. The minimum atomic E-state index is -4.69. The number of halogens is 3. The topological polar surface area (TPSA) is 65.7 Å². The Labute approximate surface area is 189 Å². The summed E-state index contributed by atoms with van der Waals surface area (Å²) in [7, 11) is 0. The van der Waals surface area contributed by atoms with Crippen LogP contribution in [-0.2, 0) is 12.7 Å². The van der Waals surface area contributed by atoms with Gasteiger partial charge in [-0.1, -0.05) is 37.3 Å². The number of likely N-dealkylation sites (N-methyl/N-ethyl adjacent to an activating group) is 1. The standard InChI is InChI=1S/C23H24F3N5O2/c1-2-29-12-14-30(15-13-29)22(32)31(19-6-4-3-5-7-19)16-17-8-10-18(11-9-17)20-27-28-21(33-20)23(24,25)26/h3-11H,2,12-16H2,1H3. The molecule has 2 heterocycles. The number of hydrogen-bond acceptors (Lipinski definition) is 5. The Morgan fingerprint density at radius 2 is 1.67 bits per heavy atom. The summed E-state index contributed by atoms with van der Waals surface area (Å²) in [5.74, 6) is -1.59. The van der Waals surface area contributed by atoms with E-state index >= 15 is 0 Å². The Bertz CT molecular complexity index is 1060. The third-order valence-electron chi connectivity index (χ3n) is 5.60. The molecule has 0 bridgehead atoms. The molecular weight excluding hydrogens is 435 g/mol. The molecule has 1 aromatic heterocycles. The quantitative estimate of drug-likeness (QED) is 0.561. The van der Waals surface area contributed by atoms with E-state index in [1.807, 2.05) is 35.2 Å². The molecule has 1 aliphatic rings. The Morgan fingerprint density at radius 1 is 1.00 bits per heavy atom. The molecule has 1 fully saturated rings. The Hall–Kier alpha value is -3.40. The lowest BCUT2D eigenvalue weighted by Gasteiger charge is -2.37. The van der Waals surface area contributed by atoms with Crippen molar-refractivity contribution in [1.82, 2.24) is 20.0 Å². The number of aromatic nitrogens is 2. The van der Waals surface area contributed by atoms with Crippen LogP contribution in [0.5, 0.6) is 0 Å². The van der Waals surface area contributed by atoms with Gasteiger partial charge in [0.1, 0.15) is 0 Å². The molecule has 3 aromatic rings. The van der Waals surface area contributed by atoms with Crippen molar-refractivity contribution in [3.05, 3.63) is 66.1 Å². The summed E-state index contributed by atoms with van der Waals surface area (Å²) >= 11 is 0. The van der Waals surface area contributed by atoms with E-state index in [4.69, 9.17) is 4.42 Å². The Kier molecular flexibility index (Phi) is 6.64. The molecule has 1 saturated heterocycles. The van der Waals surface area contributed by atoms with E-state index in [0.717, 1.165) is 30.9 Å². The molecule has 33 heavy (non-hydrogen) atoms. The van der Waals surface area contributed by atoms with E-state index in [9.17, 15) is 18.0 Å². The highest BCUT2D eigenvalue weighted by atomic mass is 19.4. The number of nitrogens with zero attached hydrogens (tertiary/aromatic N) is 5. The van der Waals surface area contributed by atoms with Gasteiger partial charge in [-0.25, -0.2) is 4.79 Å². The van der Waals surface area contributed by atoms with E-state index in [1.165, 1.54) is 0 Å². The van der Waals surface area contributed by atoms with Gasteiger partial charge in [0.15, 0.2) is 0 Å². The normalized spacial score (nSPS) is 15.0. The molecule has 174 valence electrons. The van der Waals surface area contributed by atoms with Crippen molar-refractivity contribution in [3.63, 3.8) is 0 Å². The van der Waals surface area contributed by atoms with Crippen LogP contribution in [0.2, 0.25) is 0 Å². The van der Waals surface area contributed by atoms with E-state index in [2.05, 4.69) is 22.0 Å². The molecule has 0 atom stereocenters. The van der Waals surface area contributed by atoms with Gasteiger partial charge in [0, 0.05) is 37.4 Å². The van der Waals surface area contributed by atoms with Crippen molar-refractivity contribution >= 4 is 11.7 Å². The van der Waals surface area contributed by atoms with Gasteiger partial charge in [0.05, 0.1) is 6.54 Å². The molecule has 2 aromatic carbocycles. The third-order valence-corrected chi connectivity index (χ3v) is 5.60. The summed E-state index contributed by atoms with van der Waals surface area (Å²) in [6.07, 6.45) is -4.69. The summed E-state index contributed by atoms with van der Waals surface area (Å²) < 4.78 is 42.9. The van der Waals surface area contributed by atoms with Crippen molar-refractivity contribution in [3.8, 4) is 11.5 Å². The first kappa shape index (κ1) is 22.8. The lowest BCUT2D eigenvalue weighted by atomic mass is 10.1. The first-order valence-electron chi connectivity index (χ1n) is 10.7. The number of carbonyl (C=O) groups excluding carboxylic acids is 1. The average Bonchev–Trinajstić information content (AvgIpc) is 3.34. The minimum Gasteiger partial charge on any atom is -0.413 e. The van der Waals surface area contributed by atoms with Gasteiger partial charge in [-0.2, -0.15) is 13.2 Å². The highest BCUT2D eigenvalue weighted by Gasteiger charge is 2.38. The van der Waals surface area contributed by atoms with E-state index < -0.39 is 12.1 Å². The molecular formula is C23H24F3N5O2. The summed E-state index contributed by atoms with van der Waals surface area (Å²) in [4.78, 5) is 19.2. The lowest BCUT2D eigenvalue weighted by molar-refractivity contribution is -0.156. The van der Waals surface area contributed by atoms with Gasteiger partial charge in [0.25, 0.3) is 0 Å². The summed E-state index contributed by atoms with van der Waals surface area (Å²) in [5, 5.41) is 6.54. The maximum atomic E-state index is 13.4. The zero-order valence-corrected chi connectivity index (χ0v) is 18.1. The van der Waals surface area contributed by atoms with E-state index in [0.29, 0.717) is 25.2 Å². The van der Waals surface area contributed by atoms with Crippen molar-refractivity contribution in [2.24, 2.45) is 0 Å². The maximum absolute atomic E-state index is 13.4. The molecule has 0 spiro atoms. The van der Waals surface area contributed by atoms with Crippen molar-refractivity contribution in [1.29, 1.82) is 0 Å². The lowest BCUT2D eigenvalue weighted by Crippen LogP contribution is -2.52. The average molecular weight is 459 g/mol. The fourth-order valence-corrected chi connectivity index (χ4v) is 3.69. The predicted octanol–water partition coefficient (Wildman–Crippen LogP) is 4.52. The van der Waals surface area contributed by atoms with Gasteiger partial charge in [-0.05, 0) is 36.4 Å².